The third-order valence-electron chi connectivity index (χ3n) is 3.66. The van der Waals surface area contributed by atoms with E-state index >= 15 is 0 Å². The Morgan fingerprint density at radius 2 is 2.06 bits per heavy atom. The van der Waals surface area contributed by atoms with Crippen molar-refractivity contribution in [2.75, 3.05) is 13.6 Å². The van der Waals surface area contributed by atoms with E-state index in [1.54, 1.807) is 0 Å². The Morgan fingerprint density at radius 1 is 1.33 bits per heavy atom. The molecule has 1 aliphatic heterocycles. The van der Waals surface area contributed by atoms with Crippen molar-refractivity contribution in [3.63, 3.8) is 0 Å². The van der Waals surface area contributed by atoms with Gasteiger partial charge < -0.3 is 10.1 Å². The molecule has 1 aromatic rings. The third-order valence-corrected chi connectivity index (χ3v) is 3.66. The molecule has 3 atom stereocenters. The van der Waals surface area contributed by atoms with Crippen LogP contribution in [0.1, 0.15) is 37.7 Å². The second kappa shape index (κ2) is 6.30. The minimum atomic E-state index is -0.173. The van der Waals surface area contributed by atoms with Crippen molar-refractivity contribution >= 4 is 0 Å². The van der Waals surface area contributed by atoms with Crippen LogP contribution in [0.15, 0.2) is 24.3 Å². The molecule has 0 aromatic heterocycles. The maximum Gasteiger partial charge on any atom is 0.123 e. The molecule has 3 heteroatoms. The van der Waals surface area contributed by atoms with Gasteiger partial charge in [0.15, 0.2) is 0 Å². The van der Waals surface area contributed by atoms with Crippen LogP contribution in [-0.2, 0) is 4.74 Å². The molecule has 0 amide bonds. The van der Waals surface area contributed by atoms with E-state index in [4.69, 9.17) is 4.74 Å². The molecule has 2 nitrogen and oxygen atoms in total. The van der Waals surface area contributed by atoms with Crippen molar-refractivity contribution in [2.24, 2.45) is 0 Å². The second-order valence-corrected chi connectivity index (χ2v) is 5.19. The summed E-state index contributed by atoms with van der Waals surface area (Å²) >= 11 is 0. The van der Waals surface area contributed by atoms with Gasteiger partial charge in [0.05, 0.1) is 12.2 Å². The highest BCUT2D eigenvalue weighted by Crippen LogP contribution is 2.29. The maximum atomic E-state index is 13.0. The van der Waals surface area contributed by atoms with E-state index in [2.05, 4.69) is 12.2 Å². The molecule has 0 aliphatic carbocycles. The Labute approximate surface area is 109 Å². The zero-order valence-corrected chi connectivity index (χ0v) is 11.2. The molecule has 2 rings (SSSR count). The highest BCUT2D eigenvalue weighted by Gasteiger charge is 2.25. The molecule has 0 radical (unpaired) electrons. The highest BCUT2D eigenvalue weighted by atomic mass is 19.1. The molecular formula is C15H22FNO. The van der Waals surface area contributed by atoms with Crippen molar-refractivity contribution in [1.29, 1.82) is 0 Å². The fourth-order valence-corrected chi connectivity index (χ4v) is 2.69. The summed E-state index contributed by atoms with van der Waals surface area (Å²) in [4.78, 5) is 0. The lowest BCUT2D eigenvalue weighted by molar-refractivity contribution is 0.0467. The third kappa shape index (κ3) is 3.53. The van der Waals surface area contributed by atoms with Crippen LogP contribution in [0.2, 0.25) is 0 Å². The molecule has 0 saturated carbocycles. The molecule has 1 N–H and O–H groups in total. The van der Waals surface area contributed by atoms with Crippen molar-refractivity contribution in [3.8, 4) is 0 Å². The number of benzene rings is 1. The Hall–Kier alpha value is -0.930. The lowest BCUT2D eigenvalue weighted by Gasteiger charge is -2.21. The molecule has 1 saturated heterocycles. The number of hydrogen-bond donors (Lipinski definition) is 1. The summed E-state index contributed by atoms with van der Waals surface area (Å²) in [6.07, 6.45) is 4.04. The van der Waals surface area contributed by atoms with Crippen LogP contribution >= 0.6 is 0 Å². The molecule has 0 bridgehead atoms. The Kier molecular flexibility index (Phi) is 4.72. The van der Waals surface area contributed by atoms with Gasteiger partial charge in [-0.3, -0.25) is 0 Å². The molecule has 1 aromatic carbocycles. The van der Waals surface area contributed by atoms with E-state index in [9.17, 15) is 4.39 Å². The number of nitrogens with one attached hydrogen (secondary N) is 1. The zero-order valence-electron chi connectivity index (χ0n) is 11.2. The Balaban J connectivity index is 2.01. The van der Waals surface area contributed by atoms with E-state index in [0.29, 0.717) is 18.1 Å². The van der Waals surface area contributed by atoms with Gasteiger partial charge in [0.2, 0.25) is 0 Å². The van der Waals surface area contributed by atoms with Crippen molar-refractivity contribution in [3.05, 3.63) is 35.6 Å². The van der Waals surface area contributed by atoms with Gasteiger partial charge in [-0.15, -0.1) is 0 Å². The average Bonchev–Trinajstić information content (AvgIpc) is 2.75. The van der Waals surface area contributed by atoms with Gasteiger partial charge in [-0.2, -0.15) is 0 Å². The lowest BCUT2D eigenvalue weighted by Crippen LogP contribution is -2.22. The van der Waals surface area contributed by atoms with Crippen LogP contribution < -0.4 is 5.32 Å². The average molecular weight is 251 g/mol. The van der Waals surface area contributed by atoms with Crippen molar-refractivity contribution in [1.82, 2.24) is 5.32 Å². The van der Waals surface area contributed by atoms with Crippen LogP contribution in [0.25, 0.3) is 0 Å². The van der Waals surface area contributed by atoms with Gasteiger partial charge in [-0.25, -0.2) is 4.39 Å². The Bertz CT molecular complexity index is 365. The van der Waals surface area contributed by atoms with Crippen LogP contribution in [0.3, 0.4) is 0 Å². The summed E-state index contributed by atoms with van der Waals surface area (Å²) in [7, 11) is 1.95. The zero-order chi connectivity index (χ0) is 13.0. The van der Waals surface area contributed by atoms with Gasteiger partial charge in [0, 0.05) is 6.54 Å². The second-order valence-electron chi connectivity index (χ2n) is 5.19. The first-order chi connectivity index (χ1) is 8.69. The predicted octanol–water partition coefficient (Wildman–Crippen LogP) is 3.09. The molecular weight excluding hydrogens is 229 g/mol. The minimum Gasteiger partial charge on any atom is -0.375 e. The van der Waals surface area contributed by atoms with Crippen molar-refractivity contribution < 1.29 is 9.13 Å². The largest absolute Gasteiger partial charge is 0.375 e. The van der Waals surface area contributed by atoms with E-state index in [0.717, 1.165) is 25.8 Å². The fraction of sp³-hybridized carbons (Fsp3) is 0.600. The quantitative estimate of drug-likeness (QED) is 0.868. The van der Waals surface area contributed by atoms with Gasteiger partial charge in [0.25, 0.3) is 0 Å². The Morgan fingerprint density at radius 3 is 2.61 bits per heavy atom. The summed E-state index contributed by atoms with van der Waals surface area (Å²) in [6.45, 7) is 3.03. The number of rotatable bonds is 5. The SMILES string of the molecule is CNCC(CC1CCC(C)O1)c1ccc(F)cc1. The highest BCUT2D eigenvalue weighted by molar-refractivity contribution is 5.21. The van der Waals surface area contributed by atoms with Crippen LogP contribution in [-0.4, -0.2) is 25.8 Å². The molecule has 1 fully saturated rings. The smallest absolute Gasteiger partial charge is 0.123 e. The fourth-order valence-electron chi connectivity index (χ4n) is 2.69. The first-order valence-electron chi connectivity index (χ1n) is 6.74. The molecule has 3 unspecified atom stereocenters. The molecule has 18 heavy (non-hydrogen) atoms. The molecule has 100 valence electrons. The summed E-state index contributed by atoms with van der Waals surface area (Å²) in [5.41, 5.74) is 1.19. The molecule has 0 spiro atoms. The number of ether oxygens (including phenoxy) is 1. The van der Waals surface area contributed by atoms with E-state index in [-0.39, 0.29) is 5.82 Å². The van der Waals surface area contributed by atoms with E-state index < -0.39 is 0 Å². The van der Waals surface area contributed by atoms with Gasteiger partial charge in [-0.05, 0) is 56.8 Å². The topological polar surface area (TPSA) is 21.3 Å². The predicted molar refractivity (Wildman–Crippen MR) is 71.3 cm³/mol. The summed E-state index contributed by atoms with van der Waals surface area (Å²) in [5.74, 6) is 0.221. The number of hydrogen-bond acceptors (Lipinski definition) is 2. The molecule has 1 heterocycles. The summed E-state index contributed by atoms with van der Waals surface area (Å²) in [5, 5.41) is 3.22. The maximum absolute atomic E-state index is 13.0. The normalized spacial score (nSPS) is 25.3. The van der Waals surface area contributed by atoms with E-state index in [1.807, 2.05) is 19.2 Å². The number of likely N-dealkylation sites (N-methyl/N-ethyl adjacent to an activating group) is 1. The van der Waals surface area contributed by atoms with E-state index in [1.165, 1.54) is 17.7 Å². The first-order valence-corrected chi connectivity index (χ1v) is 6.74. The molecule has 1 aliphatic rings. The van der Waals surface area contributed by atoms with Crippen LogP contribution in [0, 0.1) is 5.82 Å². The van der Waals surface area contributed by atoms with Gasteiger partial charge in [0.1, 0.15) is 5.82 Å². The van der Waals surface area contributed by atoms with Crippen molar-refractivity contribution in [2.45, 2.75) is 44.3 Å². The van der Waals surface area contributed by atoms with Gasteiger partial charge in [-0.1, -0.05) is 12.1 Å². The van der Waals surface area contributed by atoms with Gasteiger partial charge >= 0.3 is 0 Å². The van der Waals surface area contributed by atoms with Crippen LogP contribution in [0.5, 0.6) is 0 Å². The number of halogens is 1. The lowest BCUT2D eigenvalue weighted by atomic mass is 9.92. The summed E-state index contributed by atoms with van der Waals surface area (Å²) in [6, 6.07) is 6.84. The first kappa shape index (κ1) is 13.5. The van der Waals surface area contributed by atoms with Crippen LogP contribution in [0.4, 0.5) is 4.39 Å². The minimum absolute atomic E-state index is 0.173. The summed E-state index contributed by atoms with van der Waals surface area (Å²) < 4.78 is 18.8. The standard InChI is InChI=1S/C15H22FNO/c1-11-3-8-15(18-11)9-13(10-17-2)12-4-6-14(16)7-5-12/h4-7,11,13,15,17H,3,8-10H2,1-2H3. The monoisotopic (exact) mass is 251 g/mol.